The number of carbonyl (C=O) groups is 2. The SMILES string of the molecule is CNC1CN(C(=O)N2CCC(c3cn(CCO)c4ccc(Cl)cc34)CC2)CC[C@@H]1OCC=O. The van der Waals surface area contributed by atoms with Crippen molar-refractivity contribution in [3.8, 4) is 0 Å². The number of amides is 2. The van der Waals surface area contributed by atoms with E-state index in [0.717, 1.165) is 30.0 Å². The summed E-state index contributed by atoms with van der Waals surface area (Å²) in [7, 11) is 1.86. The number of aliphatic hydroxyl groups excluding tert-OH is 1. The van der Waals surface area contributed by atoms with E-state index in [-0.39, 0.29) is 31.4 Å². The van der Waals surface area contributed by atoms with Crippen LogP contribution in [-0.2, 0) is 16.1 Å². The van der Waals surface area contributed by atoms with Gasteiger partial charge in [0.15, 0.2) is 0 Å². The standard InChI is InChI=1S/C24H33ClN4O4/c1-26-21-16-29(9-6-23(21)33-13-12-31)24(32)27-7-4-17(5-8-27)20-15-28(10-11-30)22-3-2-18(25)14-19(20)22/h2-3,12,14-15,17,21,23,26,30H,4-11,13,16H2,1H3/t21?,23-/m0/s1. The molecule has 9 heteroatoms. The second kappa shape index (κ2) is 10.9. The summed E-state index contributed by atoms with van der Waals surface area (Å²) in [6.07, 6.45) is 5.35. The van der Waals surface area contributed by atoms with Crippen LogP contribution in [0.4, 0.5) is 4.79 Å². The lowest BCUT2D eigenvalue weighted by atomic mass is 9.89. The highest BCUT2D eigenvalue weighted by Gasteiger charge is 2.34. The van der Waals surface area contributed by atoms with Gasteiger partial charge in [0.2, 0.25) is 0 Å². The largest absolute Gasteiger partial charge is 0.395 e. The molecular weight excluding hydrogens is 444 g/mol. The van der Waals surface area contributed by atoms with Crippen molar-refractivity contribution in [2.75, 3.05) is 46.4 Å². The molecular formula is C24H33ClN4O4. The molecule has 1 aromatic heterocycles. The van der Waals surface area contributed by atoms with E-state index < -0.39 is 0 Å². The maximum Gasteiger partial charge on any atom is 0.320 e. The number of carbonyl (C=O) groups excluding carboxylic acids is 2. The molecule has 33 heavy (non-hydrogen) atoms. The Labute approximate surface area is 199 Å². The van der Waals surface area contributed by atoms with Gasteiger partial charge in [0.25, 0.3) is 0 Å². The third-order valence-electron chi connectivity index (χ3n) is 6.99. The van der Waals surface area contributed by atoms with Gasteiger partial charge in [0.05, 0.1) is 18.8 Å². The molecule has 8 nitrogen and oxygen atoms in total. The summed E-state index contributed by atoms with van der Waals surface area (Å²) >= 11 is 6.28. The molecule has 2 N–H and O–H groups in total. The van der Waals surface area contributed by atoms with E-state index in [1.54, 1.807) is 0 Å². The van der Waals surface area contributed by atoms with Crippen LogP contribution in [0.5, 0.6) is 0 Å². The molecule has 0 saturated carbocycles. The Kier molecular flexibility index (Phi) is 7.90. The summed E-state index contributed by atoms with van der Waals surface area (Å²) in [5, 5.41) is 14.5. The highest BCUT2D eigenvalue weighted by atomic mass is 35.5. The fourth-order valence-electron chi connectivity index (χ4n) is 5.24. The number of aromatic nitrogens is 1. The third-order valence-corrected chi connectivity index (χ3v) is 7.22. The number of piperidine rings is 2. The van der Waals surface area contributed by atoms with Gasteiger partial charge in [0, 0.05) is 54.8 Å². The van der Waals surface area contributed by atoms with Gasteiger partial charge >= 0.3 is 6.03 Å². The predicted molar refractivity (Wildman–Crippen MR) is 128 cm³/mol. The Morgan fingerprint density at radius 2 is 2.00 bits per heavy atom. The fourth-order valence-corrected chi connectivity index (χ4v) is 5.41. The van der Waals surface area contributed by atoms with E-state index in [2.05, 4.69) is 16.1 Å². The van der Waals surface area contributed by atoms with Gasteiger partial charge in [-0.15, -0.1) is 0 Å². The molecule has 2 aliphatic rings. The van der Waals surface area contributed by atoms with Crippen LogP contribution in [0.25, 0.3) is 10.9 Å². The summed E-state index contributed by atoms with van der Waals surface area (Å²) in [6.45, 7) is 3.35. The number of urea groups is 1. The average Bonchev–Trinajstić information content (AvgIpc) is 3.19. The van der Waals surface area contributed by atoms with E-state index in [9.17, 15) is 14.7 Å². The summed E-state index contributed by atoms with van der Waals surface area (Å²) in [6, 6.07) is 5.99. The number of rotatable bonds is 7. The Bertz CT molecular complexity index is 973. The lowest BCUT2D eigenvalue weighted by Gasteiger charge is -2.41. The Morgan fingerprint density at radius 1 is 1.24 bits per heavy atom. The maximum atomic E-state index is 13.2. The van der Waals surface area contributed by atoms with E-state index >= 15 is 0 Å². The van der Waals surface area contributed by atoms with E-state index in [1.165, 1.54) is 5.56 Å². The van der Waals surface area contributed by atoms with Gasteiger partial charge in [-0.05, 0) is 56.0 Å². The van der Waals surface area contributed by atoms with Gasteiger partial charge in [-0.2, -0.15) is 0 Å². The fraction of sp³-hybridized carbons (Fsp3) is 0.583. The van der Waals surface area contributed by atoms with Crippen LogP contribution < -0.4 is 5.32 Å². The summed E-state index contributed by atoms with van der Waals surface area (Å²) in [5.41, 5.74) is 2.33. The van der Waals surface area contributed by atoms with Crippen molar-refractivity contribution in [3.05, 3.63) is 35.0 Å². The lowest BCUT2D eigenvalue weighted by molar-refractivity contribution is -0.115. The van der Waals surface area contributed by atoms with E-state index in [1.807, 2.05) is 35.0 Å². The molecule has 2 aliphatic heterocycles. The quantitative estimate of drug-likeness (QED) is 0.599. The molecule has 2 fully saturated rings. The molecule has 4 rings (SSSR count). The lowest BCUT2D eigenvalue weighted by Crippen LogP contribution is -2.58. The number of nitrogens with one attached hydrogen (secondary N) is 1. The Morgan fingerprint density at radius 3 is 2.70 bits per heavy atom. The van der Waals surface area contributed by atoms with Gasteiger partial charge in [-0.3, -0.25) is 0 Å². The minimum absolute atomic E-state index is 0.0163. The normalized spacial score (nSPS) is 22.2. The zero-order valence-electron chi connectivity index (χ0n) is 19.1. The zero-order valence-corrected chi connectivity index (χ0v) is 19.8. The maximum absolute atomic E-state index is 13.2. The van der Waals surface area contributed by atoms with Gasteiger partial charge in [-0.1, -0.05) is 11.6 Å². The van der Waals surface area contributed by atoms with Crippen molar-refractivity contribution in [1.82, 2.24) is 19.7 Å². The topological polar surface area (TPSA) is 87.0 Å². The Hall–Kier alpha value is -2.13. The van der Waals surface area contributed by atoms with Crippen LogP contribution in [0.2, 0.25) is 5.02 Å². The van der Waals surface area contributed by atoms with Crippen LogP contribution in [-0.4, -0.2) is 90.4 Å². The van der Waals surface area contributed by atoms with Crippen LogP contribution in [0, 0.1) is 0 Å². The first-order chi connectivity index (χ1) is 16.0. The van der Waals surface area contributed by atoms with Gasteiger partial charge in [0.1, 0.15) is 12.9 Å². The molecule has 3 heterocycles. The van der Waals surface area contributed by atoms with Crippen molar-refractivity contribution in [2.24, 2.45) is 0 Å². The molecule has 0 aliphatic carbocycles. The number of aliphatic hydroxyl groups is 1. The van der Waals surface area contributed by atoms with Crippen molar-refractivity contribution in [2.45, 2.75) is 43.9 Å². The number of likely N-dealkylation sites (tertiary alicyclic amines) is 2. The first-order valence-corrected chi connectivity index (χ1v) is 12.1. The van der Waals surface area contributed by atoms with Crippen molar-refractivity contribution in [1.29, 1.82) is 0 Å². The Balaban J connectivity index is 1.40. The van der Waals surface area contributed by atoms with Crippen LogP contribution in [0.3, 0.4) is 0 Å². The molecule has 2 saturated heterocycles. The molecule has 180 valence electrons. The number of ether oxygens (including phenoxy) is 1. The minimum atomic E-state index is -0.0574. The number of halogens is 1. The second-order valence-electron chi connectivity index (χ2n) is 8.88. The number of benzene rings is 1. The summed E-state index contributed by atoms with van der Waals surface area (Å²) in [4.78, 5) is 27.7. The zero-order chi connectivity index (χ0) is 23.4. The minimum Gasteiger partial charge on any atom is -0.395 e. The number of hydrogen-bond acceptors (Lipinski definition) is 5. The predicted octanol–water partition coefficient (Wildman–Crippen LogP) is 2.46. The van der Waals surface area contributed by atoms with E-state index in [0.29, 0.717) is 50.1 Å². The third kappa shape index (κ3) is 5.19. The van der Waals surface area contributed by atoms with Crippen molar-refractivity contribution < 1.29 is 19.4 Å². The number of nitrogens with zero attached hydrogens (tertiary/aromatic N) is 3. The van der Waals surface area contributed by atoms with Crippen LogP contribution in [0.15, 0.2) is 24.4 Å². The molecule has 0 radical (unpaired) electrons. The molecule has 0 bridgehead atoms. The summed E-state index contributed by atoms with van der Waals surface area (Å²) in [5.74, 6) is 0.350. The number of hydrogen-bond donors (Lipinski definition) is 2. The monoisotopic (exact) mass is 476 g/mol. The molecule has 1 aromatic carbocycles. The first-order valence-electron chi connectivity index (χ1n) is 11.7. The second-order valence-corrected chi connectivity index (χ2v) is 9.31. The van der Waals surface area contributed by atoms with Crippen LogP contribution in [0.1, 0.15) is 30.7 Å². The molecule has 2 amide bonds. The number of fused-ring (bicyclic) bond motifs is 1. The molecule has 2 aromatic rings. The van der Waals surface area contributed by atoms with Crippen molar-refractivity contribution in [3.63, 3.8) is 0 Å². The van der Waals surface area contributed by atoms with E-state index in [4.69, 9.17) is 16.3 Å². The highest BCUT2D eigenvalue weighted by Crippen LogP contribution is 2.36. The summed E-state index contributed by atoms with van der Waals surface area (Å²) < 4.78 is 7.72. The van der Waals surface area contributed by atoms with Crippen LogP contribution >= 0.6 is 11.6 Å². The average molecular weight is 477 g/mol. The molecule has 2 atom stereocenters. The molecule has 1 unspecified atom stereocenters. The number of aldehydes is 1. The molecule has 0 spiro atoms. The first kappa shape index (κ1) is 24.0. The van der Waals surface area contributed by atoms with Crippen molar-refractivity contribution >= 4 is 34.8 Å². The smallest absolute Gasteiger partial charge is 0.320 e. The highest BCUT2D eigenvalue weighted by molar-refractivity contribution is 6.31. The number of likely N-dealkylation sites (N-methyl/N-ethyl adjacent to an activating group) is 1. The van der Waals surface area contributed by atoms with Gasteiger partial charge in [-0.25, -0.2) is 4.79 Å². The van der Waals surface area contributed by atoms with Gasteiger partial charge < -0.3 is 34.3 Å².